The van der Waals surface area contributed by atoms with Crippen molar-refractivity contribution in [3.05, 3.63) is 0 Å². The molecule has 148 valence electrons. The van der Waals surface area contributed by atoms with Gasteiger partial charge in [0.1, 0.15) is 0 Å². The fourth-order valence-corrected chi connectivity index (χ4v) is 5.30. The number of carbonyl (C=O) groups excluding carboxylic acids is 1. The monoisotopic (exact) mass is 393 g/mol. The maximum absolute atomic E-state index is 12.5. The van der Waals surface area contributed by atoms with Crippen LogP contribution >= 0.6 is 24.8 Å². The van der Waals surface area contributed by atoms with Crippen LogP contribution in [0.2, 0.25) is 0 Å². The minimum atomic E-state index is 0. The lowest BCUT2D eigenvalue weighted by Crippen LogP contribution is -2.55. The van der Waals surface area contributed by atoms with Gasteiger partial charge in [-0.3, -0.25) is 4.79 Å². The maximum Gasteiger partial charge on any atom is 0.220 e. The number of nitrogens with one attached hydrogen (secondary N) is 2. The molecule has 4 nitrogen and oxygen atoms in total. The van der Waals surface area contributed by atoms with E-state index in [0.717, 1.165) is 18.9 Å². The van der Waals surface area contributed by atoms with E-state index in [9.17, 15) is 4.79 Å². The summed E-state index contributed by atoms with van der Waals surface area (Å²) < 4.78 is 0. The molecule has 2 N–H and O–H groups in total. The number of hydrogen-bond donors (Lipinski definition) is 2. The summed E-state index contributed by atoms with van der Waals surface area (Å²) in [7, 11) is 4.35. The van der Waals surface area contributed by atoms with Crippen molar-refractivity contribution >= 4 is 30.7 Å². The predicted molar refractivity (Wildman–Crippen MR) is 109 cm³/mol. The van der Waals surface area contributed by atoms with Gasteiger partial charge in [-0.05, 0) is 64.5 Å². The lowest BCUT2D eigenvalue weighted by molar-refractivity contribution is -0.123. The van der Waals surface area contributed by atoms with Gasteiger partial charge in [0.25, 0.3) is 0 Å². The number of halogens is 2. The number of hydrogen-bond acceptors (Lipinski definition) is 3. The lowest BCUT2D eigenvalue weighted by Gasteiger charge is -2.45. The summed E-state index contributed by atoms with van der Waals surface area (Å²) in [5.74, 6) is 1.63. The van der Waals surface area contributed by atoms with Crippen LogP contribution in [0.15, 0.2) is 0 Å². The van der Waals surface area contributed by atoms with Crippen LogP contribution in [-0.2, 0) is 4.79 Å². The van der Waals surface area contributed by atoms with Crippen molar-refractivity contribution in [1.82, 2.24) is 15.5 Å². The third-order valence-corrected chi connectivity index (χ3v) is 6.68. The number of amides is 1. The van der Waals surface area contributed by atoms with E-state index in [1.54, 1.807) is 0 Å². The number of rotatable bonds is 5. The van der Waals surface area contributed by atoms with E-state index < -0.39 is 0 Å². The summed E-state index contributed by atoms with van der Waals surface area (Å²) in [6.45, 7) is 3.17. The van der Waals surface area contributed by atoms with Crippen molar-refractivity contribution in [3.63, 3.8) is 0 Å². The van der Waals surface area contributed by atoms with Crippen LogP contribution < -0.4 is 10.6 Å². The first-order valence-corrected chi connectivity index (χ1v) is 9.67. The molecule has 1 saturated carbocycles. The van der Waals surface area contributed by atoms with Crippen LogP contribution in [-0.4, -0.2) is 49.1 Å². The molecule has 4 unspecified atom stereocenters. The molecule has 0 spiro atoms. The van der Waals surface area contributed by atoms with Crippen LogP contribution in [0.1, 0.15) is 64.7 Å². The van der Waals surface area contributed by atoms with E-state index in [-0.39, 0.29) is 36.3 Å². The number of likely N-dealkylation sites (N-methyl/N-ethyl adjacent to an activating group) is 1. The Morgan fingerprint density at radius 3 is 2.36 bits per heavy atom. The Kier molecular flexibility index (Phi) is 9.00. The molecule has 6 heteroatoms. The van der Waals surface area contributed by atoms with Crippen LogP contribution in [0.4, 0.5) is 0 Å². The smallest absolute Gasteiger partial charge is 0.220 e. The van der Waals surface area contributed by atoms with E-state index in [4.69, 9.17) is 0 Å². The molecule has 0 aromatic heterocycles. The second-order valence-corrected chi connectivity index (χ2v) is 8.78. The van der Waals surface area contributed by atoms with Crippen molar-refractivity contribution in [2.45, 2.75) is 82.3 Å². The Labute approximate surface area is 166 Å². The molecule has 3 rings (SSSR count). The minimum absolute atomic E-state index is 0. The van der Waals surface area contributed by atoms with Gasteiger partial charge in [-0.15, -0.1) is 24.8 Å². The Morgan fingerprint density at radius 2 is 1.80 bits per heavy atom. The number of carbonyl (C=O) groups is 1. The Bertz CT molecular complexity index is 423. The molecule has 3 aliphatic rings. The molecule has 0 radical (unpaired) electrons. The molecule has 3 fully saturated rings. The zero-order valence-electron chi connectivity index (χ0n) is 16.1. The van der Waals surface area contributed by atoms with Crippen molar-refractivity contribution in [2.24, 2.45) is 11.8 Å². The van der Waals surface area contributed by atoms with Gasteiger partial charge < -0.3 is 15.5 Å². The van der Waals surface area contributed by atoms with Crippen LogP contribution in [0, 0.1) is 11.8 Å². The van der Waals surface area contributed by atoms with Gasteiger partial charge in [-0.2, -0.15) is 0 Å². The standard InChI is InChI=1S/C19H35N3O.2ClH/c1-14-5-4-8-19(12-14,22(2)3)13-20-18(23)11-15-9-16-6-7-17(10-15)21-16;;/h14-17,21H,4-13H2,1-3H3,(H,20,23);2*1H. The quantitative estimate of drug-likeness (QED) is 0.752. The molecule has 0 aromatic rings. The number of fused-ring (bicyclic) bond motifs is 2. The summed E-state index contributed by atoms with van der Waals surface area (Å²) in [6, 6.07) is 1.36. The van der Waals surface area contributed by atoms with Crippen LogP contribution in [0.25, 0.3) is 0 Å². The summed E-state index contributed by atoms with van der Waals surface area (Å²) in [5.41, 5.74) is 0.167. The SMILES string of the molecule is CC1CCCC(CNC(=O)CC2CC3CCC(C2)N3)(N(C)C)C1.Cl.Cl. The molecule has 1 amide bonds. The molecule has 25 heavy (non-hydrogen) atoms. The van der Waals surface area contributed by atoms with Crippen molar-refractivity contribution < 1.29 is 4.79 Å². The van der Waals surface area contributed by atoms with E-state index in [1.807, 2.05) is 0 Å². The van der Waals surface area contributed by atoms with Gasteiger partial charge in [-0.1, -0.05) is 19.8 Å². The van der Waals surface area contributed by atoms with E-state index in [1.165, 1.54) is 51.4 Å². The van der Waals surface area contributed by atoms with Gasteiger partial charge >= 0.3 is 0 Å². The van der Waals surface area contributed by atoms with E-state index >= 15 is 0 Å². The second kappa shape index (κ2) is 9.77. The van der Waals surface area contributed by atoms with Crippen LogP contribution in [0.5, 0.6) is 0 Å². The Morgan fingerprint density at radius 1 is 1.16 bits per heavy atom. The normalized spacial score (nSPS) is 37.1. The molecular weight excluding hydrogens is 357 g/mol. The molecule has 0 aromatic carbocycles. The average molecular weight is 394 g/mol. The van der Waals surface area contributed by atoms with E-state index in [0.29, 0.717) is 18.0 Å². The fourth-order valence-electron chi connectivity index (χ4n) is 5.30. The predicted octanol–water partition coefficient (Wildman–Crippen LogP) is 3.38. The average Bonchev–Trinajstić information content (AvgIpc) is 2.84. The first-order chi connectivity index (χ1) is 11.0. The Balaban J connectivity index is 0.00000156. The highest BCUT2D eigenvalue weighted by molar-refractivity contribution is 5.85. The largest absolute Gasteiger partial charge is 0.354 e. The molecule has 2 heterocycles. The number of nitrogens with zero attached hydrogens (tertiary/aromatic N) is 1. The summed E-state index contributed by atoms with van der Waals surface area (Å²) in [5, 5.41) is 6.96. The van der Waals surface area contributed by atoms with Gasteiger partial charge in [0, 0.05) is 30.6 Å². The highest BCUT2D eigenvalue weighted by atomic mass is 35.5. The Hall–Kier alpha value is -0.0300. The van der Waals surface area contributed by atoms with Crippen LogP contribution in [0.3, 0.4) is 0 Å². The lowest BCUT2D eigenvalue weighted by atomic mass is 9.75. The maximum atomic E-state index is 12.5. The highest BCUT2D eigenvalue weighted by Crippen LogP contribution is 2.36. The molecule has 1 aliphatic carbocycles. The van der Waals surface area contributed by atoms with Crippen molar-refractivity contribution in [2.75, 3.05) is 20.6 Å². The highest BCUT2D eigenvalue weighted by Gasteiger charge is 2.38. The molecule has 2 saturated heterocycles. The first kappa shape index (κ1) is 23.0. The summed E-state index contributed by atoms with van der Waals surface area (Å²) in [4.78, 5) is 14.8. The van der Waals surface area contributed by atoms with Gasteiger partial charge in [0.15, 0.2) is 0 Å². The van der Waals surface area contributed by atoms with Gasteiger partial charge in [0.05, 0.1) is 0 Å². The zero-order chi connectivity index (χ0) is 16.4. The van der Waals surface area contributed by atoms with Gasteiger partial charge in [-0.25, -0.2) is 0 Å². The van der Waals surface area contributed by atoms with E-state index in [2.05, 4.69) is 36.6 Å². The van der Waals surface area contributed by atoms with Crippen molar-refractivity contribution in [3.8, 4) is 0 Å². The topological polar surface area (TPSA) is 44.4 Å². The zero-order valence-corrected chi connectivity index (χ0v) is 17.7. The summed E-state index contributed by atoms with van der Waals surface area (Å²) in [6.07, 6.45) is 10.8. The first-order valence-electron chi connectivity index (χ1n) is 9.67. The van der Waals surface area contributed by atoms with Gasteiger partial charge in [0.2, 0.25) is 5.91 Å². The number of piperidine rings is 1. The third kappa shape index (κ3) is 5.72. The second-order valence-electron chi connectivity index (χ2n) is 8.78. The third-order valence-electron chi connectivity index (χ3n) is 6.68. The summed E-state index contributed by atoms with van der Waals surface area (Å²) >= 11 is 0. The fraction of sp³-hybridized carbons (Fsp3) is 0.947. The molecule has 2 bridgehead atoms. The molecular formula is C19H37Cl2N3O. The molecule has 2 aliphatic heterocycles. The molecule has 4 atom stereocenters. The minimum Gasteiger partial charge on any atom is -0.354 e. The van der Waals surface area contributed by atoms with Crippen molar-refractivity contribution in [1.29, 1.82) is 0 Å².